The monoisotopic (exact) mass is 324 g/mol. The molecule has 2 rings (SSSR count). The summed E-state index contributed by atoms with van der Waals surface area (Å²) in [6.45, 7) is 3.37. The molecule has 0 unspecified atom stereocenters. The number of benzene rings is 1. The van der Waals surface area contributed by atoms with E-state index in [0.29, 0.717) is 31.7 Å². The predicted octanol–water partition coefficient (Wildman–Crippen LogP) is 1.94. The quantitative estimate of drug-likeness (QED) is 0.841. The fourth-order valence-electron chi connectivity index (χ4n) is 2.82. The van der Waals surface area contributed by atoms with Crippen LogP contribution in [0.3, 0.4) is 0 Å². The van der Waals surface area contributed by atoms with E-state index < -0.39 is 0 Å². The van der Waals surface area contributed by atoms with Crippen molar-refractivity contribution in [2.24, 2.45) is 0 Å². The van der Waals surface area contributed by atoms with Crippen LogP contribution in [0.25, 0.3) is 0 Å². The number of piperidine rings is 1. The third-order valence-corrected chi connectivity index (χ3v) is 3.96. The van der Waals surface area contributed by atoms with Gasteiger partial charge >= 0.3 is 6.03 Å². The predicted molar refractivity (Wildman–Crippen MR) is 85.7 cm³/mol. The van der Waals surface area contributed by atoms with Gasteiger partial charge in [0.05, 0.1) is 19.3 Å². The average Bonchev–Trinajstić information content (AvgIpc) is 2.55. The van der Waals surface area contributed by atoms with Crippen LogP contribution in [0.5, 0.6) is 0 Å². The highest BCUT2D eigenvalue weighted by Crippen LogP contribution is 2.14. The topological polar surface area (TPSA) is 61.8 Å². The Kier molecular flexibility index (Phi) is 6.80. The lowest BCUT2D eigenvalue weighted by Crippen LogP contribution is -2.50. The van der Waals surface area contributed by atoms with E-state index in [2.05, 4.69) is 5.32 Å². The van der Waals surface area contributed by atoms with E-state index in [4.69, 9.17) is 9.84 Å². The molecule has 1 aromatic carbocycles. The molecule has 1 aromatic rings. The first-order valence-electron chi connectivity index (χ1n) is 8.11. The molecule has 0 radical (unpaired) electrons. The molecule has 1 saturated heterocycles. The third kappa shape index (κ3) is 5.48. The number of aliphatic hydroxyl groups is 1. The molecular weight excluding hydrogens is 299 g/mol. The lowest BCUT2D eigenvalue weighted by molar-refractivity contribution is -0.00595. The normalized spacial score (nSPS) is 19.4. The van der Waals surface area contributed by atoms with Crippen LogP contribution in [0.2, 0.25) is 0 Å². The minimum atomic E-state index is -0.246. The lowest BCUT2D eigenvalue weighted by atomic mass is 10.1. The van der Waals surface area contributed by atoms with Gasteiger partial charge in [0, 0.05) is 19.1 Å². The molecule has 5 nitrogen and oxygen atoms in total. The molecule has 1 fully saturated rings. The highest BCUT2D eigenvalue weighted by Gasteiger charge is 2.24. The summed E-state index contributed by atoms with van der Waals surface area (Å²) in [6, 6.07) is 6.31. The second-order valence-corrected chi connectivity index (χ2v) is 5.95. The highest BCUT2D eigenvalue weighted by molar-refractivity contribution is 5.74. The Labute approximate surface area is 136 Å². The average molecular weight is 324 g/mol. The number of nitrogens with zero attached hydrogens (tertiary/aromatic N) is 1. The molecule has 128 valence electrons. The fraction of sp³-hybridized carbons (Fsp3) is 0.588. The zero-order valence-corrected chi connectivity index (χ0v) is 13.5. The second kappa shape index (κ2) is 8.84. The maximum absolute atomic E-state index is 13.7. The van der Waals surface area contributed by atoms with Crippen molar-refractivity contribution in [3.63, 3.8) is 0 Å². The summed E-state index contributed by atoms with van der Waals surface area (Å²) in [5, 5.41) is 11.7. The van der Waals surface area contributed by atoms with Gasteiger partial charge in [0.15, 0.2) is 0 Å². The van der Waals surface area contributed by atoms with Crippen LogP contribution in [0, 0.1) is 5.82 Å². The summed E-state index contributed by atoms with van der Waals surface area (Å²) >= 11 is 0. The summed E-state index contributed by atoms with van der Waals surface area (Å²) in [5.74, 6) is -0.246. The van der Waals surface area contributed by atoms with Crippen molar-refractivity contribution in [3.05, 3.63) is 35.6 Å². The van der Waals surface area contributed by atoms with E-state index in [1.54, 1.807) is 23.1 Å². The second-order valence-electron chi connectivity index (χ2n) is 5.95. The van der Waals surface area contributed by atoms with Gasteiger partial charge < -0.3 is 20.1 Å². The van der Waals surface area contributed by atoms with E-state index >= 15 is 0 Å². The lowest BCUT2D eigenvalue weighted by Gasteiger charge is -2.33. The number of nitrogens with one attached hydrogen (secondary N) is 1. The Morgan fingerprint density at radius 1 is 1.52 bits per heavy atom. The molecule has 1 aliphatic rings. The molecule has 2 amide bonds. The zero-order chi connectivity index (χ0) is 16.7. The molecule has 0 aliphatic carbocycles. The number of amides is 2. The van der Waals surface area contributed by atoms with Gasteiger partial charge in [-0.15, -0.1) is 0 Å². The molecule has 0 spiro atoms. The fourth-order valence-corrected chi connectivity index (χ4v) is 2.82. The minimum absolute atomic E-state index is 0.0115. The number of ether oxygens (including phenoxy) is 1. The zero-order valence-electron chi connectivity index (χ0n) is 13.5. The Bertz CT molecular complexity index is 512. The number of hydrogen-bond donors (Lipinski definition) is 2. The first kappa shape index (κ1) is 17.7. The van der Waals surface area contributed by atoms with Gasteiger partial charge in [-0.25, -0.2) is 9.18 Å². The highest BCUT2D eigenvalue weighted by atomic mass is 19.1. The molecule has 0 saturated carbocycles. The molecule has 1 aliphatic heterocycles. The number of aliphatic hydroxyl groups excluding tert-OH is 1. The number of halogens is 1. The van der Waals surface area contributed by atoms with Crippen molar-refractivity contribution in [1.29, 1.82) is 0 Å². The van der Waals surface area contributed by atoms with Crippen molar-refractivity contribution < 1.29 is 19.0 Å². The summed E-state index contributed by atoms with van der Waals surface area (Å²) < 4.78 is 19.2. The minimum Gasteiger partial charge on any atom is -0.394 e. The molecule has 6 heteroatoms. The largest absolute Gasteiger partial charge is 0.394 e. The first-order valence-corrected chi connectivity index (χ1v) is 8.11. The molecule has 23 heavy (non-hydrogen) atoms. The molecule has 0 bridgehead atoms. The number of urea groups is 1. The number of hydrogen-bond acceptors (Lipinski definition) is 3. The van der Waals surface area contributed by atoms with E-state index in [9.17, 15) is 9.18 Å². The van der Waals surface area contributed by atoms with Crippen LogP contribution >= 0.6 is 0 Å². The Hall–Kier alpha value is -1.66. The van der Waals surface area contributed by atoms with Gasteiger partial charge in [-0.1, -0.05) is 18.2 Å². The van der Waals surface area contributed by atoms with E-state index in [-0.39, 0.29) is 30.6 Å². The van der Waals surface area contributed by atoms with Crippen LogP contribution in [-0.4, -0.2) is 54.5 Å². The molecule has 0 aromatic heterocycles. The van der Waals surface area contributed by atoms with Gasteiger partial charge in [0.25, 0.3) is 0 Å². The van der Waals surface area contributed by atoms with E-state index in [1.807, 2.05) is 6.92 Å². The van der Waals surface area contributed by atoms with Gasteiger partial charge in [0.2, 0.25) is 0 Å². The number of carbonyl (C=O) groups excluding carboxylic acids is 1. The van der Waals surface area contributed by atoms with Gasteiger partial charge in [-0.05, 0) is 37.8 Å². The van der Waals surface area contributed by atoms with E-state index in [0.717, 1.165) is 12.8 Å². The van der Waals surface area contributed by atoms with Crippen LogP contribution < -0.4 is 5.32 Å². The molecule has 1 heterocycles. The van der Waals surface area contributed by atoms with Crippen LogP contribution in [-0.2, 0) is 11.2 Å². The SMILES string of the molecule is C[C@@H](Cc1ccccc1F)NC(=O)N1CCC[C@H](OCCO)C1. The van der Waals surface area contributed by atoms with Crippen molar-refractivity contribution >= 4 is 6.03 Å². The maximum atomic E-state index is 13.7. The summed E-state index contributed by atoms with van der Waals surface area (Å²) in [7, 11) is 0. The van der Waals surface area contributed by atoms with Crippen molar-refractivity contribution in [2.75, 3.05) is 26.3 Å². The number of likely N-dealkylation sites (tertiary alicyclic amines) is 1. The maximum Gasteiger partial charge on any atom is 0.317 e. The summed E-state index contributed by atoms with van der Waals surface area (Å²) in [5.41, 5.74) is 0.600. The van der Waals surface area contributed by atoms with Gasteiger partial charge in [-0.2, -0.15) is 0 Å². The van der Waals surface area contributed by atoms with Crippen LogP contribution in [0.4, 0.5) is 9.18 Å². The standard InChI is InChI=1S/C17H25FN2O3/c1-13(11-14-5-2-3-7-16(14)18)19-17(22)20-8-4-6-15(12-20)23-10-9-21/h2-3,5,7,13,15,21H,4,6,8-12H2,1H3,(H,19,22)/t13-,15-/m0/s1. The van der Waals surface area contributed by atoms with Gasteiger partial charge in [0.1, 0.15) is 5.82 Å². The Balaban J connectivity index is 1.82. The van der Waals surface area contributed by atoms with Crippen LogP contribution in [0.15, 0.2) is 24.3 Å². The third-order valence-electron chi connectivity index (χ3n) is 3.96. The van der Waals surface area contributed by atoms with Crippen molar-refractivity contribution in [2.45, 2.75) is 38.3 Å². The van der Waals surface area contributed by atoms with Crippen LogP contribution in [0.1, 0.15) is 25.3 Å². The summed E-state index contributed by atoms with van der Waals surface area (Å²) in [4.78, 5) is 14.0. The number of rotatable bonds is 6. The number of carbonyl (C=O) groups is 1. The van der Waals surface area contributed by atoms with Crippen molar-refractivity contribution in [1.82, 2.24) is 10.2 Å². The molecule has 2 atom stereocenters. The van der Waals surface area contributed by atoms with E-state index in [1.165, 1.54) is 6.07 Å². The smallest absolute Gasteiger partial charge is 0.317 e. The van der Waals surface area contributed by atoms with Gasteiger partial charge in [-0.3, -0.25) is 0 Å². The Morgan fingerprint density at radius 3 is 3.04 bits per heavy atom. The summed E-state index contributed by atoms with van der Waals surface area (Å²) in [6.07, 6.45) is 2.21. The molecular formula is C17H25FN2O3. The van der Waals surface area contributed by atoms with Crippen molar-refractivity contribution in [3.8, 4) is 0 Å². The molecule has 2 N–H and O–H groups in total. The Morgan fingerprint density at radius 2 is 2.30 bits per heavy atom. The first-order chi connectivity index (χ1) is 11.1.